The van der Waals surface area contributed by atoms with Crippen LogP contribution in [0.15, 0.2) is 65.7 Å². The monoisotopic (exact) mass is 563 g/mol. The molecule has 0 aliphatic carbocycles. The molecule has 2 unspecified atom stereocenters. The van der Waals surface area contributed by atoms with E-state index in [-0.39, 0.29) is 24.0 Å². The minimum Gasteiger partial charge on any atom is -0.356 e. The van der Waals surface area contributed by atoms with Gasteiger partial charge in [-0.15, -0.1) is 24.0 Å². The number of rotatable bonds is 10. The molecule has 2 N–H and O–H groups in total. The van der Waals surface area contributed by atoms with Crippen molar-refractivity contribution in [3.63, 3.8) is 0 Å². The molecule has 33 heavy (non-hydrogen) atoms. The molecule has 5 nitrogen and oxygen atoms in total. The second-order valence-corrected chi connectivity index (χ2v) is 8.97. The average molecular weight is 564 g/mol. The fraction of sp³-hybridized carbons (Fsp3) is 0.519. The number of hydrogen-bond donors (Lipinski definition) is 2. The molecular formula is C27H42IN5. The molecule has 2 aromatic carbocycles. The summed E-state index contributed by atoms with van der Waals surface area (Å²) < 4.78 is 0. The van der Waals surface area contributed by atoms with Crippen LogP contribution in [-0.2, 0) is 6.42 Å². The molecule has 1 aliphatic heterocycles. The van der Waals surface area contributed by atoms with Crippen molar-refractivity contribution >= 4 is 29.9 Å². The van der Waals surface area contributed by atoms with E-state index in [4.69, 9.17) is 0 Å². The summed E-state index contributed by atoms with van der Waals surface area (Å²) >= 11 is 0. The Kier molecular flexibility index (Phi) is 12.8. The third-order valence-electron chi connectivity index (χ3n) is 6.44. The van der Waals surface area contributed by atoms with Gasteiger partial charge in [-0.05, 0) is 30.0 Å². The summed E-state index contributed by atoms with van der Waals surface area (Å²) in [5.41, 5.74) is 2.72. The number of nitrogens with one attached hydrogen (secondary N) is 2. The zero-order valence-electron chi connectivity index (χ0n) is 20.5. The Morgan fingerprint density at radius 3 is 2.06 bits per heavy atom. The van der Waals surface area contributed by atoms with Gasteiger partial charge < -0.3 is 20.4 Å². The third-order valence-corrected chi connectivity index (χ3v) is 6.44. The van der Waals surface area contributed by atoms with Gasteiger partial charge in [-0.1, -0.05) is 74.5 Å². The average Bonchev–Trinajstić information content (AvgIpc) is 2.85. The molecule has 0 aromatic heterocycles. The highest BCUT2D eigenvalue weighted by molar-refractivity contribution is 14.0. The van der Waals surface area contributed by atoms with Crippen molar-refractivity contribution in [2.45, 2.75) is 26.2 Å². The van der Waals surface area contributed by atoms with Gasteiger partial charge in [0, 0.05) is 58.8 Å². The zero-order valence-corrected chi connectivity index (χ0v) is 22.9. The number of halogens is 1. The lowest BCUT2D eigenvalue weighted by atomic mass is 9.92. The third kappa shape index (κ3) is 9.63. The summed E-state index contributed by atoms with van der Waals surface area (Å²) in [6.07, 6.45) is 1.01. The zero-order chi connectivity index (χ0) is 22.6. The molecule has 6 heteroatoms. The van der Waals surface area contributed by atoms with E-state index < -0.39 is 0 Å². The summed E-state index contributed by atoms with van der Waals surface area (Å²) in [6.45, 7) is 13.4. The van der Waals surface area contributed by atoms with E-state index in [2.05, 4.69) is 99.9 Å². The maximum Gasteiger partial charge on any atom is 0.191 e. The minimum absolute atomic E-state index is 0. The van der Waals surface area contributed by atoms with Gasteiger partial charge in [0.1, 0.15) is 0 Å². The van der Waals surface area contributed by atoms with Crippen LogP contribution in [0.3, 0.4) is 0 Å². The highest BCUT2D eigenvalue weighted by Crippen LogP contribution is 2.20. The fourth-order valence-electron chi connectivity index (χ4n) is 4.44. The molecule has 2 aromatic rings. The lowest BCUT2D eigenvalue weighted by Crippen LogP contribution is -2.48. The van der Waals surface area contributed by atoms with Crippen LogP contribution in [0.2, 0.25) is 0 Å². The topological polar surface area (TPSA) is 42.9 Å². The Hall–Kier alpha value is -1.64. The van der Waals surface area contributed by atoms with Crippen LogP contribution in [0.25, 0.3) is 0 Å². The van der Waals surface area contributed by atoms with Gasteiger partial charge in [0.05, 0.1) is 0 Å². The molecule has 0 amide bonds. The molecule has 0 radical (unpaired) electrons. The van der Waals surface area contributed by atoms with Crippen LogP contribution in [0.1, 0.15) is 30.9 Å². The van der Waals surface area contributed by atoms with Crippen molar-refractivity contribution < 1.29 is 0 Å². The Labute approximate surface area is 218 Å². The smallest absolute Gasteiger partial charge is 0.191 e. The van der Waals surface area contributed by atoms with E-state index in [0.29, 0.717) is 11.8 Å². The number of likely N-dealkylation sites (N-methyl/N-ethyl adjacent to an activating group) is 1. The fourth-order valence-corrected chi connectivity index (χ4v) is 4.44. The number of guanidine groups is 1. The Morgan fingerprint density at radius 1 is 0.879 bits per heavy atom. The van der Waals surface area contributed by atoms with E-state index >= 15 is 0 Å². The van der Waals surface area contributed by atoms with Gasteiger partial charge in [0.2, 0.25) is 0 Å². The van der Waals surface area contributed by atoms with Crippen LogP contribution in [0, 0.1) is 5.92 Å². The predicted octanol–water partition coefficient (Wildman–Crippen LogP) is 4.07. The first-order valence-electron chi connectivity index (χ1n) is 12.2. The van der Waals surface area contributed by atoms with Crippen molar-refractivity contribution in [2.24, 2.45) is 10.9 Å². The van der Waals surface area contributed by atoms with Crippen LogP contribution < -0.4 is 10.6 Å². The maximum atomic E-state index is 4.47. The predicted molar refractivity (Wildman–Crippen MR) is 152 cm³/mol. The summed E-state index contributed by atoms with van der Waals surface area (Å²) in [6, 6.07) is 21.5. The number of hydrogen-bond acceptors (Lipinski definition) is 3. The van der Waals surface area contributed by atoms with Crippen molar-refractivity contribution in [1.82, 2.24) is 20.4 Å². The quantitative estimate of drug-likeness (QED) is 0.260. The lowest BCUT2D eigenvalue weighted by molar-refractivity contribution is 0.124. The summed E-state index contributed by atoms with van der Waals surface area (Å²) in [5, 5.41) is 7.13. The first-order valence-corrected chi connectivity index (χ1v) is 12.2. The number of aliphatic imine (C=N–C) groups is 1. The van der Waals surface area contributed by atoms with E-state index in [1.165, 1.54) is 43.9 Å². The standard InChI is InChI=1S/C27H41N5.HI/c1-4-31-15-17-32(18-16-31)22-23(2)20-29-27(28-3)30-21-26(25-13-9-6-10-14-25)19-24-11-7-5-8-12-24;/h5-14,23,26H,4,15-22H2,1-3H3,(H2,28,29,30);1H. The first kappa shape index (κ1) is 27.6. The molecular weight excluding hydrogens is 521 g/mol. The van der Waals surface area contributed by atoms with Gasteiger partial charge in [0.25, 0.3) is 0 Å². The van der Waals surface area contributed by atoms with Crippen LogP contribution in [0.4, 0.5) is 0 Å². The Bertz CT molecular complexity index is 791. The molecule has 2 atom stereocenters. The molecule has 182 valence electrons. The van der Waals surface area contributed by atoms with E-state index in [1.54, 1.807) is 0 Å². The second-order valence-electron chi connectivity index (χ2n) is 8.97. The minimum atomic E-state index is 0. The normalized spacial score (nSPS) is 17.1. The van der Waals surface area contributed by atoms with Gasteiger partial charge >= 0.3 is 0 Å². The molecule has 1 aliphatic rings. The van der Waals surface area contributed by atoms with Crippen LogP contribution in [0.5, 0.6) is 0 Å². The lowest BCUT2D eigenvalue weighted by Gasteiger charge is -2.35. The second kappa shape index (κ2) is 15.3. The van der Waals surface area contributed by atoms with Crippen molar-refractivity contribution in [1.29, 1.82) is 0 Å². The molecule has 1 saturated heterocycles. The maximum absolute atomic E-state index is 4.47. The molecule has 0 spiro atoms. The summed E-state index contributed by atoms with van der Waals surface area (Å²) in [4.78, 5) is 9.60. The van der Waals surface area contributed by atoms with Gasteiger partial charge in [-0.2, -0.15) is 0 Å². The molecule has 0 bridgehead atoms. The Morgan fingerprint density at radius 2 is 1.45 bits per heavy atom. The first-order chi connectivity index (χ1) is 15.7. The van der Waals surface area contributed by atoms with E-state index in [0.717, 1.165) is 32.0 Å². The highest BCUT2D eigenvalue weighted by Gasteiger charge is 2.18. The van der Waals surface area contributed by atoms with Crippen LogP contribution >= 0.6 is 24.0 Å². The van der Waals surface area contributed by atoms with E-state index in [1.807, 2.05) is 7.05 Å². The van der Waals surface area contributed by atoms with Crippen molar-refractivity contribution in [3.8, 4) is 0 Å². The number of nitrogens with zero attached hydrogens (tertiary/aromatic N) is 3. The van der Waals surface area contributed by atoms with Crippen molar-refractivity contribution in [2.75, 3.05) is 59.4 Å². The largest absolute Gasteiger partial charge is 0.356 e. The van der Waals surface area contributed by atoms with Gasteiger partial charge in [-0.25, -0.2) is 0 Å². The SMILES string of the molecule is CCN1CCN(CC(C)CNC(=NC)NCC(Cc2ccccc2)c2ccccc2)CC1.I. The molecule has 3 rings (SSSR count). The number of piperazine rings is 1. The van der Waals surface area contributed by atoms with Gasteiger partial charge in [0.15, 0.2) is 5.96 Å². The van der Waals surface area contributed by atoms with Crippen molar-refractivity contribution in [3.05, 3.63) is 71.8 Å². The van der Waals surface area contributed by atoms with E-state index in [9.17, 15) is 0 Å². The summed E-state index contributed by atoms with van der Waals surface area (Å²) in [5.74, 6) is 1.86. The summed E-state index contributed by atoms with van der Waals surface area (Å²) in [7, 11) is 1.86. The molecule has 1 fully saturated rings. The molecule has 1 heterocycles. The van der Waals surface area contributed by atoms with Gasteiger partial charge in [-0.3, -0.25) is 4.99 Å². The highest BCUT2D eigenvalue weighted by atomic mass is 127. The number of benzene rings is 2. The molecule has 0 saturated carbocycles. The van der Waals surface area contributed by atoms with Crippen LogP contribution in [-0.4, -0.2) is 75.2 Å². The Balaban J connectivity index is 0.00000385.